The van der Waals surface area contributed by atoms with Crippen LogP contribution in [0.2, 0.25) is 0 Å². The van der Waals surface area contributed by atoms with E-state index in [-0.39, 0.29) is 5.60 Å². The lowest BCUT2D eigenvalue weighted by molar-refractivity contribution is -0.0870. The molecule has 1 N–H and O–H groups in total. The van der Waals surface area contributed by atoms with Gasteiger partial charge in [-0.3, -0.25) is 0 Å². The molecule has 1 heterocycles. The molecule has 0 aromatic heterocycles. The second-order valence-corrected chi connectivity index (χ2v) is 5.65. The fraction of sp³-hybridized carbons (Fsp3) is 0.625. The van der Waals surface area contributed by atoms with Crippen molar-refractivity contribution in [2.45, 2.75) is 51.2 Å². The molecule has 2 unspecified atom stereocenters. The molecule has 2 atom stereocenters. The number of likely N-dealkylation sites (N-methyl/N-ethyl adjacent to an activating group) is 1. The molecule has 1 aromatic carbocycles. The van der Waals surface area contributed by atoms with Crippen LogP contribution in [-0.4, -0.2) is 25.3 Å². The van der Waals surface area contributed by atoms with Crippen molar-refractivity contribution < 1.29 is 4.74 Å². The highest BCUT2D eigenvalue weighted by atomic mass is 16.5. The first-order valence-corrected chi connectivity index (χ1v) is 7.01. The molecule has 2 rings (SSSR count). The maximum absolute atomic E-state index is 6.05. The van der Waals surface area contributed by atoms with Crippen molar-refractivity contribution in [2.75, 3.05) is 13.7 Å². The Balaban J connectivity index is 2.06. The first kappa shape index (κ1) is 13.6. The highest BCUT2D eigenvalue weighted by Crippen LogP contribution is 2.29. The second-order valence-electron chi connectivity index (χ2n) is 5.65. The Labute approximate surface area is 111 Å². The minimum atomic E-state index is -0.0160. The van der Waals surface area contributed by atoms with E-state index in [0.717, 1.165) is 19.4 Å². The smallest absolute Gasteiger partial charge is 0.0809 e. The van der Waals surface area contributed by atoms with E-state index in [4.69, 9.17) is 4.74 Å². The van der Waals surface area contributed by atoms with Crippen LogP contribution in [0.1, 0.15) is 37.3 Å². The molecule has 1 fully saturated rings. The van der Waals surface area contributed by atoms with Crippen molar-refractivity contribution in [3.63, 3.8) is 0 Å². The lowest BCUT2D eigenvalue weighted by Crippen LogP contribution is -2.52. The molecule has 18 heavy (non-hydrogen) atoms. The van der Waals surface area contributed by atoms with Gasteiger partial charge in [-0.05, 0) is 52.1 Å². The normalized spacial score (nSPS) is 25.9. The van der Waals surface area contributed by atoms with Gasteiger partial charge in [-0.25, -0.2) is 0 Å². The third kappa shape index (κ3) is 3.12. The van der Waals surface area contributed by atoms with Gasteiger partial charge in [0, 0.05) is 12.6 Å². The number of rotatable bonds is 4. The van der Waals surface area contributed by atoms with Crippen molar-refractivity contribution in [3.8, 4) is 0 Å². The zero-order chi connectivity index (χ0) is 13.0. The van der Waals surface area contributed by atoms with Gasteiger partial charge in [0.15, 0.2) is 0 Å². The van der Waals surface area contributed by atoms with Gasteiger partial charge in [0.05, 0.1) is 5.60 Å². The maximum Gasteiger partial charge on any atom is 0.0809 e. The fourth-order valence-corrected chi connectivity index (χ4v) is 2.81. The molecule has 0 aliphatic carbocycles. The van der Waals surface area contributed by atoms with E-state index in [1.54, 1.807) is 0 Å². The van der Waals surface area contributed by atoms with Crippen LogP contribution >= 0.6 is 0 Å². The molecular weight excluding hydrogens is 222 g/mol. The van der Waals surface area contributed by atoms with Gasteiger partial charge in [-0.2, -0.15) is 0 Å². The van der Waals surface area contributed by atoms with Crippen LogP contribution in [0.3, 0.4) is 0 Å². The molecule has 0 radical (unpaired) electrons. The van der Waals surface area contributed by atoms with Gasteiger partial charge in [0.2, 0.25) is 0 Å². The van der Waals surface area contributed by atoms with Gasteiger partial charge < -0.3 is 10.1 Å². The van der Waals surface area contributed by atoms with Crippen molar-refractivity contribution in [3.05, 3.63) is 35.4 Å². The second kappa shape index (κ2) is 5.85. The zero-order valence-corrected chi connectivity index (χ0v) is 11.8. The number of ether oxygens (including phenoxy) is 1. The van der Waals surface area contributed by atoms with Crippen LogP contribution in [0.4, 0.5) is 0 Å². The Morgan fingerprint density at radius 2 is 2.00 bits per heavy atom. The van der Waals surface area contributed by atoms with Gasteiger partial charge in [0.25, 0.3) is 0 Å². The van der Waals surface area contributed by atoms with E-state index >= 15 is 0 Å². The highest BCUT2D eigenvalue weighted by Gasteiger charge is 2.35. The summed E-state index contributed by atoms with van der Waals surface area (Å²) in [6.07, 6.45) is 4.68. The van der Waals surface area contributed by atoms with Gasteiger partial charge in [-0.15, -0.1) is 0 Å². The van der Waals surface area contributed by atoms with E-state index in [1.807, 2.05) is 7.05 Å². The summed E-state index contributed by atoms with van der Waals surface area (Å²) in [4.78, 5) is 0. The molecule has 2 heteroatoms. The lowest BCUT2D eigenvalue weighted by atomic mass is 9.84. The van der Waals surface area contributed by atoms with Gasteiger partial charge in [0.1, 0.15) is 0 Å². The SMILES string of the molecule is CNC(Cc1ccc(C)cc1)C1(C)CCCCO1. The fourth-order valence-electron chi connectivity index (χ4n) is 2.81. The number of nitrogens with one attached hydrogen (secondary N) is 1. The van der Waals surface area contributed by atoms with Crippen LogP contribution < -0.4 is 5.32 Å². The van der Waals surface area contributed by atoms with E-state index in [1.165, 1.54) is 24.0 Å². The summed E-state index contributed by atoms with van der Waals surface area (Å²) >= 11 is 0. The Morgan fingerprint density at radius 3 is 2.56 bits per heavy atom. The Kier molecular flexibility index (Phi) is 4.41. The van der Waals surface area contributed by atoms with Crippen molar-refractivity contribution in [1.29, 1.82) is 0 Å². The molecule has 0 saturated carbocycles. The van der Waals surface area contributed by atoms with Crippen LogP contribution in [-0.2, 0) is 11.2 Å². The summed E-state index contributed by atoms with van der Waals surface area (Å²) in [7, 11) is 2.04. The summed E-state index contributed by atoms with van der Waals surface area (Å²) in [5.41, 5.74) is 2.69. The third-order valence-corrected chi connectivity index (χ3v) is 4.15. The predicted molar refractivity (Wildman–Crippen MR) is 75.9 cm³/mol. The molecule has 100 valence electrons. The van der Waals surface area contributed by atoms with Crippen molar-refractivity contribution in [2.24, 2.45) is 0 Å². The summed E-state index contributed by atoms with van der Waals surface area (Å²) < 4.78 is 6.05. The number of aryl methyl sites for hydroxylation is 1. The molecule has 1 saturated heterocycles. The molecule has 0 amide bonds. The van der Waals surface area contributed by atoms with E-state index in [2.05, 4.69) is 43.4 Å². The molecule has 0 spiro atoms. The van der Waals surface area contributed by atoms with Crippen molar-refractivity contribution >= 4 is 0 Å². The minimum Gasteiger partial charge on any atom is -0.374 e. The lowest BCUT2D eigenvalue weighted by Gasteiger charge is -2.40. The summed E-state index contributed by atoms with van der Waals surface area (Å²) in [5.74, 6) is 0. The first-order chi connectivity index (χ1) is 8.64. The van der Waals surface area contributed by atoms with Gasteiger partial charge >= 0.3 is 0 Å². The van der Waals surface area contributed by atoms with Crippen LogP contribution in [0, 0.1) is 6.92 Å². The number of hydrogen-bond donors (Lipinski definition) is 1. The molecule has 1 aliphatic heterocycles. The molecular formula is C16H25NO. The Hall–Kier alpha value is -0.860. The molecule has 2 nitrogen and oxygen atoms in total. The summed E-state index contributed by atoms with van der Waals surface area (Å²) in [5, 5.41) is 3.45. The zero-order valence-electron chi connectivity index (χ0n) is 11.8. The van der Waals surface area contributed by atoms with E-state index in [0.29, 0.717) is 6.04 Å². The van der Waals surface area contributed by atoms with Crippen LogP contribution in [0.5, 0.6) is 0 Å². The molecule has 1 aliphatic rings. The predicted octanol–water partition coefficient (Wildman–Crippen LogP) is 3.08. The number of hydrogen-bond acceptors (Lipinski definition) is 2. The first-order valence-electron chi connectivity index (χ1n) is 7.01. The maximum atomic E-state index is 6.05. The summed E-state index contributed by atoms with van der Waals surface area (Å²) in [6, 6.07) is 9.22. The third-order valence-electron chi connectivity index (χ3n) is 4.15. The van der Waals surface area contributed by atoms with Gasteiger partial charge in [-0.1, -0.05) is 29.8 Å². The average molecular weight is 247 g/mol. The largest absolute Gasteiger partial charge is 0.374 e. The number of benzene rings is 1. The average Bonchev–Trinajstić information content (AvgIpc) is 2.38. The Bertz CT molecular complexity index is 365. The standard InChI is InChI=1S/C16H25NO/c1-13-6-8-14(9-7-13)12-15(17-3)16(2)10-4-5-11-18-16/h6-9,15,17H,4-5,10-12H2,1-3H3. The van der Waals surface area contributed by atoms with E-state index < -0.39 is 0 Å². The Morgan fingerprint density at radius 1 is 1.28 bits per heavy atom. The van der Waals surface area contributed by atoms with Crippen LogP contribution in [0.15, 0.2) is 24.3 Å². The quantitative estimate of drug-likeness (QED) is 0.883. The molecule has 0 bridgehead atoms. The monoisotopic (exact) mass is 247 g/mol. The topological polar surface area (TPSA) is 21.3 Å². The van der Waals surface area contributed by atoms with E-state index in [9.17, 15) is 0 Å². The van der Waals surface area contributed by atoms with Crippen LogP contribution in [0.25, 0.3) is 0 Å². The molecule has 1 aromatic rings. The highest BCUT2D eigenvalue weighted by molar-refractivity contribution is 5.22. The minimum absolute atomic E-state index is 0.0160. The van der Waals surface area contributed by atoms with Crippen molar-refractivity contribution in [1.82, 2.24) is 5.32 Å². The summed E-state index contributed by atoms with van der Waals surface area (Å²) in [6.45, 7) is 5.29.